The topological polar surface area (TPSA) is 41.1 Å². The van der Waals surface area contributed by atoms with Gasteiger partial charge in [0.25, 0.3) is 0 Å². The quantitative estimate of drug-likeness (QED) is 0.901. The monoisotopic (exact) mass is 282 g/mol. The van der Waals surface area contributed by atoms with E-state index in [2.05, 4.69) is 47.5 Å². The van der Waals surface area contributed by atoms with Gasteiger partial charge in [-0.3, -0.25) is 0 Å². The molecule has 1 saturated carbocycles. The largest absolute Gasteiger partial charge is 0.358 e. The van der Waals surface area contributed by atoms with Crippen LogP contribution in [0.4, 0.5) is 5.13 Å². The number of rotatable bonds is 5. The van der Waals surface area contributed by atoms with E-state index in [4.69, 9.17) is 0 Å². The molecule has 1 aromatic heterocycles. The number of aryl methyl sites for hydroxylation is 1. The van der Waals surface area contributed by atoms with E-state index >= 15 is 0 Å². The zero-order chi connectivity index (χ0) is 13.9. The molecule has 2 unspecified atom stereocenters. The van der Waals surface area contributed by atoms with Gasteiger partial charge in [-0.15, -0.1) is 0 Å². The number of hydrogen-bond donors (Lipinski definition) is 1. The molecular weight excluding hydrogens is 256 g/mol. The molecule has 1 aliphatic carbocycles. The highest BCUT2D eigenvalue weighted by Crippen LogP contribution is 2.35. The normalized spacial score (nSPS) is 27.7. The van der Waals surface area contributed by atoms with Crippen LogP contribution >= 0.6 is 11.5 Å². The summed E-state index contributed by atoms with van der Waals surface area (Å²) in [4.78, 5) is 6.90. The zero-order valence-electron chi connectivity index (χ0n) is 12.6. The summed E-state index contributed by atoms with van der Waals surface area (Å²) in [6.45, 7) is 5.44. The van der Waals surface area contributed by atoms with E-state index in [1.54, 1.807) is 0 Å². The van der Waals surface area contributed by atoms with Crippen LogP contribution in [0.5, 0.6) is 0 Å². The second-order valence-corrected chi connectivity index (χ2v) is 6.80. The molecule has 5 heteroatoms. The molecular formula is C14H26N4S. The minimum Gasteiger partial charge on any atom is -0.358 e. The molecule has 0 bridgehead atoms. The van der Waals surface area contributed by atoms with Crippen LogP contribution in [0.3, 0.4) is 0 Å². The van der Waals surface area contributed by atoms with Crippen molar-refractivity contribution >= 4 is 16.7 Å². The Balaban J connectivity index is 2.00. The third kappa shape index (κ3) is 3.45. The molecule has 0 spiro atoms. The fraction of sp³-hybridized carbons (Fsp3) is 0.857. The highest BCUT2D eigenvalue weighted by Gasteiger charge is 2.36. The minimum absolute atomic E-state index is 0.274. The summed E-state index contributed by atoms with van der Waals surface area (Å²) in [6.07, 6.45) is 6.16. The fourth-order valence-electron chi connectivity index (χ4n) is 3.07. The lowest BCUT2D eigenvalue weighted by molar-refractivity contribution is 0.0882. The van der Waals surface area contributed by atoms with Gasteiger partial charge in [-0.2, -0.15) is 4.37 Å². The number of nitrogens with zero attached hydrogens (tertiary/aromatic N) is 3. The number of likely N-dealkylation sites (N-methyl/N-ethyl adjacent to an activating group) is 1. The van der Waals surface area contributed by atoms with Crippen molar-refractivity contribution < 1.29 is 0 Å². The third-order valence-corrected chi connectivity index (χ3v) is 5.08. The van der Waals surface area contributed by atoms with Crippen molar-refractivity contribution in [3.05, 3.63) is 5.82 Å². The second kappa shape index (κ2) is 6.18. The van der Waals surface area contributed by atoms with Crippen molar-refractivity contribution in [2.24, 2.45) is 5.92 Å². The van der Waals surface area contributed by atoms with Crippen molar-refractivity contribution in [2.75, 3.05) is 26.0 Å². The standard InChI is InChI=1S/C14H26N4S/c1-5-12-16-13(19-17-12)15-10-14(18(3)4)8-6-7-11(2)9-14/h11H,5-10H2,1-4H3,(H,15,16,17). The molecule has 1 heterocycles. The Kier molecular flexibility index (Phi) is 4.79. The lowest BCUT2D eigenvalue weighted by Gasteiger charge is -2.45. The van der Waals surface area contributed by atoms with Gasteiger partial charge in [0.2, 0.25) is 5.13 Å². The number of nitrogens with one attached hydrogen (secondary N) is 1. The van der Waals surface area contributed by atoms with Crippen molar-refractivity contribution in [3.8, 4) is 0 Å². The molecule has 0 aromatic carbocycles. The first-order chi connectivity index (χ1) is 9.05. The van der Waals surface area contributed by atoms with Gasteiger partial charge in [0.15, 0.2) is 0 Å². The summed E-state index contributed by atoms with van der Waals surface area (Å²) >= 11 is 1.48. The smallest absolute Gasteiger partial charge is 0.202 e. The summed E-state index contributed by atoms with van der Waals surface area (Å²) in [7, 11) is 4.41. The predicted molar refractivity (Wildman–Crippen MR) is 81.8 cm³/mol. The number of aromatic nitrogens is 2. The van der Waals surface area contributed by atoms with Gasteiger partial charge in [-0.05, 0) is 32.9 Å². The van der Waals surface area contributed by atoms with Crippen LogP contribution in [0.2, 0.25) is 0 Å². The molecule has 0 radical (unpaired) electrons. The molecule has 2 atom stereocenters. The van der Waals surface area contributed by atoms with Gasteiger partial charge in [-0.25, -0.2) is 4.98 Å². The lowest BCUT2D eigenvalue weighted by atomic mass is 9.75. The van der Waals surface area contributed by atoms with Gasteiger partial charge in [-0.1, -0.05) is 26.7 Å². The molecule has 0 aliphatic heterocycles. The highest BCUT2D eigenvalue weighted by atomic mass is 32.1. The summed E-state index contributed by atoms with van der Waals surface area (Å²) < 4.78 is 4.34. The Labute approximate surface area is 120 Å². The van der Waals surface area contributed by atoms with Crippen LogP contribution in [0.1, 0.15) is 45.4 Å². The fourth-order valence-corrected chi connectivity index (χ4v) is 3.71. The van der Waals surface area contributed by atoms with E-state index in [9.17, 15) is 0 Å². The molecule has 19 heavy (non-hydrogen) atoms. The van der Waals surface area contributed by atoms with E-state index in [1.165, 1.54) is 37.2 Å². The molecule has 1 aromatic rings. The molecule has 2 rings (SSSR count). The van der Waals surface area contributed by atoms with Gasteiger partial charge < -0.3 is 10.2 Å². The van der Waals surface area contributed by atoms with E-state index in [0.29, 0.717) is 0 Å². The van der Waals surface area contributed by atoms with Crippen LogP contribution in [0.25, 0.3) is 0 Å². The second-order valence-electron chi connectivity index (χ2n) is 6.04. The SMILES string of the molecule is CCc1nsc(NCC2(N(C)C)CCCC(C)C2)n1. The molecule has 108 valence electrons. The number of hydrogen-bond acceptors (Lipinski definition) is 5. The van der Waals surface area contributed by atoms with E-state index < -0.39 is 0 Å². The third-order valence-electron chi connectivity index (χ3n) is 4.37. The number of anilines is 1. The predicted octanol–water partition coefficient (Wildman–Crippen LogP) is 3.02. The first-order valence-electron chi connectivity index (χ1n) is 7.29. The Morgan fingerprint density at radius 2 is 2.26 bits per heavy atom. The summed E-state index contributed by atoms with van der Waals surface area (Å²) in [5.74, 6) is 1.77. The van der Waals surface area contributed by atoms with Gasteiger partial charge in [0.1, 0.15) is 5.82 Å². The minimum atomic E-state index is 0.274. The zero-order valence-corrected chi connectivity index (χ0v) is 13.4. The van der Waals surface area contributed by atoms with Gasteiger partial charge >= 0.3 is 0 Å². The molecule has 1 N–H and O–H groups in total. The van der Waals surface area contributed by atoms with E-state index in [0.717, 1.165) is 29.8 Å². The van der Waals surface area contributed by atoms with E-state index in [1.807, 2.05) is 0 Å². The van der Waals surface area contributed by atoms with Crippen molar-refractivity contribution in [1.82, 2.24) is 14.3 Å². The molecule has 0 saturated heterocycles. The lowest BCUT2D eigenvalue weighted by Crippen LogP contribution is -2.52. The Bertz CT molecular complexity index is 404. The molecule has 1 aliphatic rings. The van der Waals surface area contributed by atoms with Crippen LogP contribution < -0.4 is 5.32 Å². The maximum Gasteiger partial charge on any atom is 0.202 e. The van der Waals surface area contributed by atoms with Crippen molar-refractivity contribution in [2.45, 2.75) is 51.5 Å². The average Bonchev–Trinajstić information content (AvgIpc) is 2.84. The Morgan fingerprint density at radius 1 is 1.47 bits per heavy atom. The molecule has 1 fully saturated rings. The average molecular weight is 282 g/mol. The van der Waals surface area contributed by atoms with Crippen LogP contribution in [0.15, 0.2) is 0 Å². The van der Waals surface area contributed by atoms with Crippen LogP contribution in [-0.4, -0.2) is 40.4 Å². The van der Waals surface area contributed by atoms with E-state index in [-0.39, 0.29) is 5.54 Å². The maximum atomic E-state index is 4.50. The van der Waals surface area contributed by atoms with Crippen molar-refractivity contribution in [3.63, 3.8) is 0 Å². The summed E-state index contributed by atoms with van der Waals surface area (Å²) in [5.41, 5.74) is 0.274. The summed E-state index contributed by atoms with van der Waals surface area (Å²) in [5, 5.41) is 4.48. The first kappa shape index (κ1) is 14.7. The maximum absolute atomic E-state index is 4.50. The van der Waals surface area contributed by atoms with Crippen molar-refractivity contribution in [1.29, 1.82) is 0 Å². The Morgan fingerprint density at radius 3 is 2.84 bits per heavy atom. The first-order valence-corrected chi connectivity index (χ1v) is 8.07. The highest BCUT2D eigenvalue weighted by molar-refractivity contribution is 7.09. The Hall–Kier alpha value is -0.680. The van der Waals surface area contributed by atoms with Gasteiger partial charge in [0, 0.05) is 30.0 Å². The molecule has 4 nitrogen and oxygen atoms in total. The van der Waals surface area contributed by atoms with Gasteiger partial charge in [0.05, 0.1) is 0 Å². The van der Waals surface area contributed by atoms with Crippen LogP contribution in [0, 0.1) is 5.92 Å². The molecule has 0 amide bonds. The van der Waals surface area contributed by atoms with Crippen LogP contribution in [-0.2, 0) is 6.42 Å². The summed E-state index contributed by atoms with van der Waals surface area (Å²) in [6, 6.07) is 0.